The molecule has 2 aromatic rings. The number of hydrogen-bond acceptors (Lipinski definition) is 4. The van der Waals surface area contributed by atoms with Crippen molar-refractivity contribution in [2.75, 3.05) is 31.6 Å². The highest BCUT2D eigenvalue weighted by atomic mass is 15.2. The van der Waals surface area contributed by atoms with Gasteiger partial charge in [0.25, 0.3) is 0 Å². The van der Waals surface area contributed by atoms with Crippen LogP contribution in [0, 0.1) is 23.2 Å². The monoisotopic (exact) mass is 285 g/mol. The number of nitrogens with zero attached hydrogens (tertiary/aromatic N) is 3. The number of aromatic nitrogens is 3. The molecule has 1 aliphatic carbocycles. The molecule has 1 saturated carbocycles. The molecular formula is C16H23N5. The van der Waals surface area contributed by atoms with Crippen molar-refractivity contribution in [2.45, 2.75) is 13.8 Å². The van der Waals surface area contributed by atoms with Crippen molar-refractivity contribution in [1.82, 2.24) is 20.3 Å². The predicted octanol–water partition coefficient (Wildman–Crippen LogP) is 1.89. The van der Waals surface area contributed by atoms with Crippen LogP contribution in [0.5, 0.6) is 0 Å². The van der Waals surface area contributed by atoms with E-state index in [4.69, 9.17) is 0 Å². The van der Waals surface area contributed by atoms with Gasteiger partial charge in [0, 0.05) is 26.3 Å². The van der Waals surface area contributed by atoms with Gasteiger partial charge in [-0.3, -0.25) is 0 Å². The van der Waals surface area contributed by atoms with E-state index in [0.717, 1.165) is 41.1 Å². The molecule has 0 radical (unpaired) electrons. The summed E-state index contributed by atoms with van der Waals surface area (Å²) in [5.41, 5.74) is 1.43. The molecule has 112 valence electrons. The second-order valence-corrected chi connectivity index (χ2v) is 6.93. The van der Waals surface area contributed by atoms with Gasteiger partial charge >= 0.3 is 0 Å². The summed E-state index contributed by atoms with van der Waals surface area (Å²) in [5, 5.41) is 4.68. The Balaban J connectivity index is 1.57. The maximum atomic E-state index is 4.50. The number of nitrogens with one attached hydrogen (secondary N) is 2. The number of anilines is 1. The summed E-state index contributed by atoms with van der Waals surface area (Å²) in [4.78, 5) is 14.2. The van der Waals surface area contributed by atoms with Gasteiger partial charge in [-0.25, -0.2) is 9.97 Å². The molecule has 5 nitrogen and oxygen atoms in total. The molecule has 5 heteroatoms. The molecule has 0 spiro atoms. The highest BCUT2D eigenvalue weighted by Crippen LogP contribution is 2.65. The number of piperidine rings is 1. The van der Waals surface area contributed by atoms with Crippen LogP contribution in [0.25, 0.3) is 11.0 Å². The number of aromatic amines is 1. The quantitative estimate of drug-likeness (QED) is 0.900. The van der Waals surface area contributed by atoms with Gasteiger partial charge in [-0.1, -0.05) is 13.8 Å². The normalized spacial score (nSPS) is 30.9. The topological polar surface area (TPSA) is 56.8 Å². The van der Waals surface area contributed by atoms with Gasteiger partial charge in [0.1, 0.15) is 17.8 Å². The molecule has 0 amide bonds. The first kappa shape index (κ1) is 13.1. The van der Waals surface area contributed by atoms with Crippen molar-refractivity contribution in [3.05, 3.63) is 18.6 Å². The Hall–Kier alpha value is -1.62. The summed E-state index contributed by atoms with van der Waals surface area (Å²) in [6, 6.07) is 2.06. The minimum absolute atomic E-state index is 0.512. The average molecular weight is 285 g/mol. The van der Waals surface area contributed by atoms with E-state index in [1.807, 2.05) is 6.20 Å². The first-order chi connectivity index (χ1) is 10.1. The molecule has 3 atom stereocenters. The first-order valence-corrected chi connectivity index (χ1v) is 7.84. The van der Waals surface area contributed by atoms with Crippen molar-refractivity contribution < 1.29 is 0 Å². The third kappa shape index (κ3) is 1.73. The minimum Gasteiger partial charge on any atom is -0.359 e. The largest absolute Gasteiger partial charge is 0.359 e. The van der Waals surface area contributed by atoms with E-state index in [-0.39, 0.29) is 0 Å². The molecular weight excluding hydrogens is 262 g/mol. The number of fused-ring (bicyclic) bond motifs is 2. The summed E-state index contributed by atoms with van der Waals surface area (Å²) < 4.78 is 0. The van der Waals surface area contributed by atoms with Gasteiger partial charge in [-0.2, -0.15) is 0 Å². The fraction of sp³-hybridized carbons (Fsp3) is 0.625. The number of H-pyrrole nitrogens is 1. The summed E-state index contributed by atoms with van der Waals surface area (Å²) >= 11 is 0. The Morgan fingerprint density at radius 1 is 1.43 bits per heavy atom. The molecule has 1 aliphatic heterocycles. The molecule has 0 bridgehead atoms. The van der Waals surface area contributed by atoms with Crippen LogP contribution >= 0.6 is 0 Å². The van der Waals surface area contributed by atoms with E-state index in [9.17, 15) is 0 Å². The predicted molar refractivity (Wildman–Crippen MR) is 84.3 cm³/mol. The van der Waals surface area contributed by atoms with Crippen molar-refractivity contribution in [2.24, 2.45) is 23.2 Å². The van der Waals surface area contributed by atoms with E-state index >= 15 is 0 Å². The lowest BCUT2D eigenvalue weighted by molar-refractivity contribution is 0.330. The lowest BCUT2D eigenvalue weighted by Gasteiger charge is -2.24. The number of hydrogen-bond donors (Lipinski definition) is 2. The Bertz CT molecular complexity index is 663. The van der Waals surface area contributed by atoms with Crippen LogP contribution < -0.4 is 10.2 Å². The summed E-state index contributed by atoms with van der Waals surface area (Å²) in [7, 11) is 2.16. The SMILES string of the molecule is CC(C)[C@@]12CNC[C@H]1[C@@H]2CN(C)c1ncnc2[nH]ccc12. The third-order valence-corrected chi connectivity index (χ3v) is 5.79. The van der Waals surface area contributed by atoms with Gasteiger partial charge in [-0.15, -0.1) is 0 Å². The molecule has 0 unspecified atom stereocenters. The standard InChI is InChI=1S/C16H23N5/c1-10(2)16-8-17-6-12(16)13(16)7-21(3)15-11-4-5-18-14(11)19-9-20-15/h4-5,9-10,12-13,17H,6-8H2,1-3H3,(H,18,19,20)/t12-,13-,16-/m0/s1. The molecule has 2 N–H and O–H groups in total. The summed E-state index contributed by atoms with van der Waals surface area (Å²) in [5.74, 6) is 3.41. The zero-order chi connectivity index (χ0) is 14.6. The summed E-state index contributed by atoms with van der Waals surface area (Å²) in [6.45, 7) is 8.18. The van der Waals surface area contributed by atoms with Crippen LogP contribution in [0.3, 0.4) is 0 Å². The van der Waals surface area contributed by atoms with Crippen molar-refractivity contribution >= 4 is 16.9 Å². The lowest BCUT2D eigenvalue weighted by atomic mass is 9.89. The zero-order valence-electron chi connectivity index (χ0n) is 12.9. The van der Waals surface area contributed by atoms with Crippen LogP contribution in [0.15, 0.2) is 18.6 Å². The molecule has 3 heterocycles. The smallest absolute Gasteiger partial charge is 0.142 e. The van der Waals surface area contributed by atoms with E-state index in [0.29, 0.717) is 5.41 Å². The molecule has 4 rings (SSSR count). The average Bonchev–Trinajstić information content (AvgIpc) is 2.91. The van der Waals surface area contributed by atoms with Crippen molar-refractivity contribution in [1.29, 1.82) is 0 Å². The maximum Gasteiger partial charge on any atom is 0.142 e. The Morgan fingerprint density at radius 3 is 3.05 bits per heavy atom. The third-order valence-electron chi connectivity index (χ3n) is 5.79. The molecule has 2 aromatic heterocycles. The highest BCUT2D eigenvalue weighted by Gasteiger charge is 2.67. The second kappa shape index (κ2) is 4.44. The van der Waals surface area contributed by atoms with Gasteiger partial charge in [0.15, 0.2) is 0 Å². The zero-order valence-corrected chi connectivity index (χ0v) is 12.9. The Labute approximate surface area is 125 Å². The molecule has 2 fully saturated rings. The van der Waals surface area contributed by atoms with Crippen LogP contribution in [0.1, 0.15) is 13.8 Å². The Kier molecular flexibility index (Phi) is 2.76. The van der Waals surface area contributed by atoms with Crippen LogP contribution in [0.2, 0.25) is 0 Å². The van der Waals surface area contributed by atoms with Gasteiger partial charge < -0.3 is 15.2 Å². The lowest BCUT2D eigenvalue weighted by Crippen LogP contribution is -2.30. The van der Waals surface area contributed by atoms with E-state index in [2.05, 4.69) is 52.1 Å². The van der Waals surface area contributed by atoms with Gasteiger partial charge in [0.05, 0.1) is 5.39 Å². The van der Waals surface area contributed by atoms with E-state index in [1.165, 1.54) is 13.1 Å². The second-order valence-electron chi connectivity index (χ2n) is 6.93. The van der Waals surface area contributed by atoms with E-state index in [1.54, 1.807) is 6.33 Å². The van der Waals surface area contributed by atoms with Crippen LogP contribution in [0.4, 0.5) is 5.82 Å². The van der Waals surface area contributed by atoms with Crippen molar-refractivity contribution in [3.63, 3.8) is 0 Å². The van der Waals surface area contributed by atoms with E-state index < -0.39 is 0 Å². The van der Waals surface area contributed by atoms with Crippen LogP contribution in [-0.2, 0) is 0 Å². The van der Waals surface area contributed by atoms with Crippen LogP contribution in [-0.4, -0.2) is 41.6 Å². The Morgan fingerprint density at radius 2 is 2.29 bits per heavy atom. The van der Waals surface area contributed by atoms with Crippen molar-refractivity contribution in [3.8, 4) is 0 Å². The summed E-state index contributed by atoms with van der Waals surface area (Å²) in [6.07, 6.45) is 3.58. The van der Waals surface area contributed by atoms with Gasteiger partial charge in [-0.05, 0) is 35.8 Å². The molecule has 0 aromatic carbocycles. The molecule has 1 saturated heterocycles. The molecule has 21 heavy (non-hydrogen) atoms. The first-order valence-electron chi connectivity index (χ1n) is 7.84. The van der Waals surface area contributed by atoms with Gasteiger partial charge in [0.2, 0.25) is 0 Å². The maximum absolute atomic E-state index is 4.50. The minimum atomic E-state index is 0.512. The fourth-order valence-corrected chi connectivity index (χ4v) is 4.57. The highest BCUT2D eigenvalue weighted by molar-refractivity contribution is 5.87. The fourth-order valence-electron chi connectivity index (χ4n) is 4.57. The molecule has 2 aliphatic rings. The number of rotatable bonds is 4.